The molecule has 0 bridgehead atoms. The quantitative estimate of drug-likeness (QED) is 0.871. The lowest BCUT2D eigenvalue weighted by molar-refractivity contribution is -0.127. The van der Waals surface area contributed by atoms with Crippen LogP contribution in [0.25, 0.3) is 6.08 Å². The predicted octanol–water partition coefficient (Wildman–Crippen LogP) is 2.45. The largest absolute Gasteiger partial charge is 0.394 e. The molecule has 1 aliphatic heterocycles. The molecule has 1 aliphatic rings. The number of hydrogen-bond donors (Lipinski definition) is 1. The minimum absolute atomic E-state index is 0.00957. The van der Waals surface area contributed by atoms with Crippen LogP contribution in [0.15, 0.2) is 34.8 Å². The molecule has 4 heteroatoms. The number of rotatable bonds is 3. The highest BCUT2D eigenvalue weighted by molar-refractivity contribution is 9.10. The van der Waals surface area contributed by atoms with Gasteiger partial charge >= 0.3 is 0 Å². The first kappa shape index (κ1) is 13.3. The molecule has 2 rings (SSSR count). The van der Waals surface area contributed by atoms with Gasteiger partial charge in [-0.3, -0.25) is 4.79 Å². The Morgan fingerprint density at radius 1 is 1.56 bits per heavy atom. The van der Waals surface area contributed by atoms with Gasteiger partial charge in [-0.05, 0) is 36.6 Å². The topological polar surface area (TPSA) is 40.5 Å². The summed E-state index contributed by atoms with van der Waals surface area (Å²) in [7, 11) is 0. The van der Waals surface area contributed by atoms with Crippen LogP contribution in [0, 0.1) is 0 Å². The zero-order chi connectivity index (χ0) is 13.0. The van der Waals surface area contributed by atoms with Crippen LogP contribution in [0.5, 0.6) is 0 Å². The molecule has 1 N–H and O–H groups in total. The summed E-state index contributed by atoms with van der Waals surface area (Å²) in [6, 6.07) is 7.77. The highest BCUT2D eigenvalue weighted by atomic mass is 79.9. The van der Waals surface area contributed by atoms with Crippen molar-refractivity contribution >= 4 is 27.9 Å². The van der Waals surface area contributed by atoms with Crippen LogP contribution in [0.1, 0.15) is 18.4 Å². The van der Waals surface area contributed by atoms with Gasteiger partial charge < -0.3 is 10.0 Å². The van der Waals surface area contributed by atoms with Crippen LogP contribution < -0.4 is 0 Å². The Morgan fingerprint density at radius 2 is 2.39 bits per heavy atom. The molecule has 96 valence electrons. The van der Waals surface area contributed by atoms with Crippen LogP contribution >= 0.6 is 15.9 Å². The number of carbonyl (C=O) groups is 1. The van der Waals surface area contributed by atoms with Crippen molar-refractivity contribution in [3.63, 3.8) is 0 Å². The van der Waals surface area contributed by atoms with Gasteiger partial charge in [-0.15, -0.1) is 0 Å². The molecule has 0 spiro atoms. The van der Waals surface area contributed by atoms with E-state index in [4.69, 9.17) is 0 Å². The van der Waals surface area contributed by atoms with E-state index in [0.29, 0.717) is 0 Å². The Balaban J connectivity index is 2.02. The number of aliphatic hydroxyl groups is 1. The van der Waals surface area contributed by atoms with E-state index in [1.165, 1.54) is 0 Å². The number of carbonyl (C=O) groups excluding carboxylic acids is 1. The SMILES string of the molecule is O=C(C=Cc1cccc(Br)c1)N1CCC[C@@H]1CO. The number of amides is 1. The van der Waals surface area contributed by atoms with Crippen molar-refractivity contribution in [3.05, 3.63) is 40.4 Å². The third-order valence-corrected chi connectivity index (χ3v) is 3.63. The number of benzene rings is 1. The molecule has 1 fully saturated rings. The smallest absolute Gasteiger partial charge is 0.246 e. The standard InChI is InChI=1S/C14H16BrNO2/c15-12-4-1-3-11(9-12)6-7-14(18)16-8-2-5-13(16)10-17/h1,3-4,6-7,9,13,17H,2,5,8,10H2/t13-/m1/s1. The molecule has 1 heterocycles. The third kappa shape index (κ3) is 3.21. The average Bonchev–Trinajstić information content (AvgIpc) is 2.84. The molecule has 0 radical (unpaired) electrons. The second-order valence-corrected chi connectivity index (χ2v) is 5.31. The van der Waals surface area contributed by atoms with Crippen molar-refractivity contribution in [1.82, 2.24) is 4.90 Å². The van der Waals surface area contributed by atoms with E-state index in [0.717, 1.165) is 29.4 Å². The molecule has 3 nitrogen and oxygen atoms in total. The highest BCUT2D eigenvalue weighted by Gasteiger charge is 2.26. The lowest BCUT2D eigenvalue weighted by Crippen LogP contribution is -2.36. The van der Waals surface area contributed by atoms with Crippen molar-refractivity contribution in [2.24, 2.45) is 0 Å². The van der Waals surface area contributed by atoms with Gasteiger partial charge in [0.1, 0.15) is 0 Å². The van der Waals surface area contributed by atoms with Crippen molar-refractivity contribution in [2.45, 2.75) is 18.9 Å². The number of aliphatic hydroxyl groups excluding tert-OH is 1. The van der Waals surface area contributed by atoms with Crippen LogP contribution in [-0.2, 0) is 4.79 Å². The Kier molecular flexibility index (Phi) is 4.55. The second kappa shape index (κ2) is 6.16. The fourth-order valence-electron chi connectivity index (χ4n) is 2.19. The first-order chi connectivity index (χ1) is 8.70. The first-order valence-corrected chi connectivity index (χ1v) is 6.85. The van der Waals surface area contributed by atoms with Crippen molar-refractivity contribution in [1.29, 1.82) is 0 Å². The fraction of sp³-hybridized carbons (Fsp3) is 0.357. The van der Waals surface area contributed by atoms with Gasteiger partial charge in [-0.25, -0.2) is 0 Å². The Bertz CT molecular complexity index is 459. The van der Waals surface area contributed by atoms with Crippen LogP contribution in [0.4, 0.5) is 0 Å². The van der Waals surface area contributed by atoms with E-state index in [1.807, 2.05) is 24.3 Å². The molecule has 0 aromatic heterocycles. The van der Waals surface area contributed by atoms with Crippen molar-refractivity contribution < 1.29 is 9.90 Å². The predicted molar refractivity (Wildman–Crippen MR) is 75.0 cm³/mol. The van der Waals surface area contributed by atoms with Crippen LogP contribution in [0.3, 0.4) is 0 Å². The summed E-state index contributed by atoms with van der Waals surface area (Å²) >= 11 is 3.39. The maximum Gasteiger partial charge on any atom is 0.246 e. The molecule has 1 amide bonds. The Labute approximate surface area is 115 Å². The van der Waals surface area contributed by atoms with E-state index >= 15 is 0 Å². The van der Waals surface area contributed by atoms with Crippen molar-refractivity contribution in [3.8, 4) is 0 Å². The molecular formula is C14H16BrNO2. The Hall–Kier alpha value is -1.13. The van der Waals surface area contributed by atoms with Gasteiger partial charge in [-0.2, -0.15) is 0 Å². The number of hydrogen-bond acceptors (Lipinski definition) is 2. The molecule has 0 aliphatic carbocycles. The van der Waals surface area contributed by atoms with E-state index in [1.54, 1.807) is 17.1 Å². The fourth-order valence-corrected chi connectivity index (χ4v) is 2.61. The summed E-state index contributed by atoms with van der Waals surface area (Å²) in [4.78, 5) is 13.7. The zero-order valence-electron chi connectivity index (χ0n) is 10.1. The van der Waals surface area contributed by atoms with Crippen LogP contribution in [-0.4, -0.2) is 35.1 Å². The molecule has 0 unspecified atom stereocenters. The lowest BCUT2D eigenvalue weighted by Gasteiger charge is -2.21. The minimum Gasteiger partial charge on any atom is -0.394 e. The van der Waals surface area contributed by atoms with Gasteiger partial charge in [0.15, 0.2) is 0 Å². The maximum absolute atomic E-state index is 12.0. The molecular weight excluding hydrogens is 294 g/mol. The zero-order valence-corrected chi connectivity index (χ0v) is 11.6. The molecule has 1 aromatic carbocycles. The van der Waals surface area contributed by atoms with Crippen molar-refractivity contribution in [2.75, 3.05) is 13.2 Å². The molecule has 1 atom stereocenters. The van der Waals surface area contributed by atoms with E-state index < -0.39 is 0 Å². The normalized spacial score (nSPS) is 19.7. The van der Waals surface area contributed by atoms with Gasteiger partial charge in [0, 0.05) is 17.1 Å². The van der Waals surface area contributed by atoms with Crippen LogP contribution in [0.2, 0.25) is 0 Å². The summed E-state index contributed by atoms with van der Waals surface area (Å²) in [5.41, 5.74) is 0.984. The molecule has 1 aromatic rings. The third-order valence-electron chi connectivity index (χ3n) is 3.14. The average molecular weight is 310 g/mol. The highest BCUT2D eigenvalue weighted by Crippen LogP contribution is 2.18. The summed E-state index contributed by atoms with van der Waals surface area (Å²) < 4.78 is 0.992. The first-order valence-electron chi connectivity index (χ1n) is 6.06. The van der Waals surface area contributed by atoms with E-state index in [2.05, 4.69) is 15.9 Å². The summed E-state index contributed by atoms with van der Waals surface area (Å²) in [5.74, 6) is -0.0217. The summed E-state index contributed by atoms with van der Waals surface area (Å²) in [5, 5.41) is 9.18. The molecule has 0 saturated carbocycles. The van der Waals surface area contributed by atoms with Gasteiger partial charge in [-0.1, -0.05) is 28.1 Å². The molecule has 1 saturated heterocycles. The van der Waals surface area contributed by atoms with Gasteiger partial charge in [0.25, 0.3) is 0 Å². The maximum atomic E-state index is 12.0. The van der Waals surface area contributed by atoms with E-state index in [-0.39, 0.29) is 18.6 Å². The monoisotopic (exact) mass is 309 g/mol. The number of likely N-dealkylation sites (tertiary alicyclic amines) is 1. The summed E-state index contributed by atoms with van der Waals surface area (Å²) in [6.07, 6.45) is 5.25. The number of halogens is 1. The second-order valence-electron chi connectivity index (χ2n) is 4.40. The van der Waals surface area contributed by atoms with Gasteiger partial charge in [0.05, 0.1) is 12.6 Å². The van der Waals surface area contributed by atoms with E-state index in [9.17, 15) is 9.90 Å². The Morgan fingerprint density at radius 3 is 3.11 bits per heavy atom. The summed E-state index contributed by atoms with van der Waals surface area (Å²) in [6.45, 7) is 0.795. The number of nitrogens with zero attached hydrogens (tertiary/aromatic N) is 1. The van der Waals surface area contributed by atoms with Gasteiger partial charge in [0.2, 0.25) is 5.91 Å². The lowest BCUT2D eigenvalue weighted by atomic mass is 10.2. The minimum atomic E-state index is -0.0217. The molecule has 18 heavy (non-hydrogen) atoms.